The number of rotatable bonds is 7. The third kappa shape index (κ3) is 7.70. The van der Waals surface area contributed by atoms with Crippen molar-refractivity contribution in [2.24, 2.45) is 0 Å². The fourth-order valence-corrected chi connectivity index (χ4v) is 1.18. The zero-order valence-corrected chi connectivity index (χ0v) is 10.1. The maximum atomic E-state index is 12.0. The number of halogens is 3. The molecule has 0 heterocycles. The summed E-state index contributed by atoms with van der Waals surface area (Å²) in [6, 6.07) is 0. The minimum absolute atomic E-state index is 0.00943. The van der Waals surface area contributed by atoms with Gasteiger partial charge in [-0.25, -0.2) is 0 Å². The topological polar surface area (TPSA) is 46.6 Å². The molecule has 0 unspecified atom stereocenters. The van der Waals surface area contributed by atoms with Crippen LogP contribution in [0.1, 0.15) is 19.8 Å². The molecule has 18 heavy (non-hydrogen) atoms. The van der Waals surface area contributed by atoms with Gasteiger partial charge in [0.1, 0.15) is 6.54 Å². The molecule has 0 atom stereocenters. The highest BCUT2D eigenvalue weighted by Crippen LogP contribution is 2.21. The Morgan fingerprint density at radius 3 is 2.44 bits per heavy atom. The first kappa shape index (κ1) is 16.5. The van der Waals surface area contributed by atoms with Crippen molar-refractivity contribution < 1.29 is 27.5 Å². The molecule has 7 heteroatoms. The molecule has 0 aromatic rings. The van der Waals surface area contributed by atoms with E-state index in [-0.39, 0.29) is 19.7 Å². The fraction of sp³-hybridized carbons (Fsp3) is 0.636. The Morgan fingerprint density at radius 1 is 1.39 bits per heavy atom. The van der Waals surface area contributed by atoms with E-state index in [1.807, 2.05) is 0 Å². The van der Waals surface area contributed by atoms with Crippen LogP contribution in [0, 0.1) is 0 Å². The Hall–Kier alpha value is -1.53. The standard InChI is InChI=1S/C11H16F3NO3/c1-3-7-15(8-10(17)18-4-2)9(16)5-6-11(12,13)14/h3H,1,4-8H2,2H3. The highest BCUT2D eigenvalue weighted by atomic mass is 19.4. The first-order chi connectivity index (χ1) is 8.30. The molecule has 0 fully saturated rings. The Balaban J connectivity index is 4.35. The first-order valence-electron chi connectivity index (χ1n) is 5.41. The van der Waals surface area contributed by atoms with Crippen LogP contribution in [-0.2, 0) is 14.3 Å². The molecule has 0 saturated heterocycles. The molecule has 0 aromatic carbocycles. The van der Waals surface area contributed by atoms with E-state index in [0.29, 0.717) is 0 Å². The SMILES string of the molecule is C=CCN(CC(=O)OCC)C(=O)CCC(F)(F)F. The molecular formula is C11H16F3NO3. The summed E-state index contributed by atoms with van der Waals surface area (Å²) in [7, 11) is 0. The van der Waals surface area contributed by atoms with Gasteiger partial charge in [0.2, 0.25) is 5.91 Å². The Labute approximate surface area is 103 Å². The van der Waals surface area contributed by atoms with E-state index in [2.05, 4.69) is 11.3 Å². The largest absolute Gasteiger partial charge is 0.465 e. The Morgan fingerprint density at radius 2 is 2.00 bits per heavy atom. The summed E-state index contributed by atoms with van der Waals surface area (Å²) in [6.07, 6.45) is -4.94. The molecule has 0 aliphatic rings. The zero-order valence-electron chi connectivity index (χ0n) is 10.1. The van der Waals surface area contributed by atoms with Gasteiger partial charge in [0.05, 0.1) is 13.0 Å². The number of carbonyl (C=O) groups is 2. The van der Waals surface area contributed by atoms with Crippen molar-refractivity contribution in [3.05, 3.63) is 12.7 Å². The van der Waals surface area contributed by atoms with Crippen molar-refractivity contribution in [2.75, 3.05) is 19.7 Å². The molecule has 0 radical (unpaired) electrons. The molecule has 0 aliphatic heterocycles. The summed E-state index contributed by atoms with van der Waals surface area (Å²) in [5.41, 5.74) is 0. The van der Waals surface area contributed by atoms with Gasteiger partial charge in [0.15, 0.2) is 0 Å². The molecule has 0 saturated carbocycles. The number of esters is 1. The van der Waals surface area contributed by atoms with Crippen LogP contribution in [0.3, 0.4) is 0 Å². The number of carbonyl (C=O) groups excluding carboxylic acids is 2. The number of amides is 1. The number of hydrogen-bond acceptors (Lipinski definition) is 3. The molecule has 0 rings (SSSR count). The summed E-state index contributed by atoms with van der Waals surface area (Å²) >= 11 is 0. The van der Waals surface area contributed by atoms with Crippen LogP contribution in [0.25, 0.3) is 0 Å². The van der Waals surface area contributed by atoms with E-state index >= 15 is 0 Å². The summed E-state index contributed by atoms with van der Waals surface area (Å²) in [5, 5.41) is 0. The molecule has 1 amide bonds. The average Bonchev–Trinajstić information content (AvgIpc) is 2.24. The average molecular weight is 267 g/mol. The van der Waals surface area contributed by atoms with Crippen molar-refractivity contribution in [3.8, 4) is 0 Å². The molecule has 4 nitrogen and oxygen atoms in total. The summed E-state index contributed by atoms with van der Waals surface area (Å²) in [4.78, 5) is 23.6. The van der Waals surface area contributed by atoms with Crippen LogP contribution in [0.4, 0.5) is 13.2 Å². The molecular weight excluding hydrogens is 251 g/mol. The minimum Gasteiger partial charge on any atom is -0.465 e. The van der Waals surface area contributed by atoms with Crippen molar-refractivity contribution in [2.45, 2.75) is 25.9 Å². The van der Waals surface area contributed by atoms with E-state index in [1.165, 1.54) is 6.08 Å². The number of nitrogens with zero attached hydrogens (tertiary/aromatic N) is 1. The highest BCUT2D eigenvalue weighted by molar-refractivity contribution is 5.82. The van der Waals surface area contributed by atoms with E-state index in [1.54, 1.807) is 6.92 Å². The summed E-state index contributed by atoms with van der Waals surface area (Å²) in [6.45, 7) is 4.77. The maximum Gasteiger partial charge on any atom is 0.389 e. The van der Waals surface area contributed by atoms with Crippen LogP contribution in [0.15, 0.2) is 12.7 Å². The van der Waals surface area contributed by atoms with Gasteiger partial charge in [-0.05, 0) is 6.92 Å². The molecule has 0 spiro atoms. The van der Waals surface area contributed by atoms with Crippen molar-refractivity contribution >= 4 is 11.9 Å². The van der Waals surface area contributed by atoms with Gasteiger partial charge in [-0.1, -0.05) is 6.08 Å². The predicted octanol–water partition coefficient (Wildman–Crippen LogP) is 1.91. The van der Waals surface area contributed by atoms with E-state index < -0.39 is 30.9 Å². The number of ether oxygens (including phenoxy) is 1. The molecule has 0 bridgehead atoms. The Kier molecular flexibility index (Phi) is 7.07. The van der Waals surface area contributed by atoms with Crippen LogP contribution in [0.5, 0.6) is 0 Å². The molecule has 0 aliphatic carbocycles. The maximum absolute atomic E-state index is 12.0. The monoisotopic (exact) mass is 267 g/mol. The van der Waals surface area contributed by atoms with Crippen LogP contribution in [0.2, 0.25) is 0 Å². The van der Waals surface area contributed by atoms with Crippen molar-refractivity contribution in [3.63, 3.8) is 0 Å². The molecule has 0 aromatic heterocycles. The first-order valence-corrected chi connectivity index (χ1v) is 5.41. The van der Waals surface area contributed by atoms with Gasteiger partial charge in [0.25, 0.3) is 0 Å². The van der Waals surface area contributed by atoms with Crippen molar-refractivity contribution in [1.29, 1.82) is 0 Å². The second-order valence-corrected chi connectivity index (χ2v) is 3.48. The highest BCUT2D eigenvalue weighted by Gasteiger charge is 2.29. The third-order valence-corrected chi connectivity index (χ3v) is 1.95. The van der Waals surface area contributed by atoms with Crippen LogP contribution < -0.4 is 0 Å². The van der Waals surface area contributed by atoms with Gasteiger partial charge >= 0.3 is 12.1 Å². The zero-order chi connectivity index (χ0) is 14.2. The number of alkyl halides is 3. The minimum atomic E-state index is -4.39. The van der Waals surface area contributed by atoms with Gasteiger partial charge in [-0.3, -0.25) is 9.59 Å². The van der Waals surface area contributed by atoms with Gasteiger partial charge in [0, 0.05) is 13.0 Å². The predicted molar refractivity (Wildman–Crippen MR) is 58.7 cm³/mol. The van der Waals surface area contributed by atoms with Gasteiger partial charge in [-0.2, -0.15) is 13.2 Å². The lowest BCUT2D eigenvalue weighted by Crippen LogP contribution is -2.37. The van der Waals surface area contributed by atoms with Crippen molar-refractivity contribution in [1.82, 2.24) is 4.90 Å². The second-order valence-electron chi connectivity index (χ2n) is 3.48. The van der Waals surface area contributed by atoms with Gasteiger partial charge in [-0.15, -0.1) is 6.58 Å². The second kappa shape index (κ2) is 7.73. The van der Waals surface area contributed by atoms with Crippen LogP contribution in [-0.4, -0.2) is 42.6 Å². The smallest absolute Gasteiger partial charge is 0.389 e. The van der Waals surface area contributed by atoms with Gasteiger partial charge < -0.3 is 9.64 Å². The fourth-order valence-electron chi connectivity index (χ4n) is 1.18. The lowest BCUT2D eigenvalue weighted by Gasteiger charge is -2.20. The molecule has 104 valence electrons. The quantitative estimate of drug-likeness (QED) is 0.523. The molecule has 0 N–H and O–H groups in total. The Bertz CT molecular complexity index is 302. The van der Waals surface area contributed by atoms with E-state index in [4.69, 9.17) is 0 Å². The normalized spacial score (nSPS) is 10.9. The summed E-state index contributed by atoms with van der Waals surface area (Å²) in [5.74, 6) is -1.40. The summed E-state index contributed by atoms with van der Waals surface area (Å²) < 4.78 is 40.5. The lowest BCUT2D eigenvalue weighted by atomic mass is 10.2. The van der Waals surface area contributed by atoms with E-state index in [0.717, 1.165) is 4.90 Å². The van der Waals surface area contributed by atoms with Crippen LogP contribution >= 0.6 is 0 Å². The third-order valence-electron chi connectivity index (χ3n) is 1.95. The lowest BCUT2D eigenvalue weighted by molar-refractivity contribution is -0.153. The number of hydrogen-bond donors (Lipinski definition) is 0. The van der Waals surface area contributed by atoms with E-state index in [9.17, 15) is 22.8 Å².